The lowest BCUT2D eigenvalue weighted by atomic mass is 10.1. The second kappa shape index (κ2) is 5.91. The zero-order chi connectivity index (χ0) is 13.1. The Morgan fingerprint density at radius 1 is 1.11 bits per heavy atom. The minimum atomic E-state index is -0.432. The molecule has 0 spiro atoms. The van der Waals surface area contributed by atoms with Gasteiger partial charge in [0.25, 0.3) is 0 Å². The van der Waals surface area contributed by atoms with Crippen molar-refractivity contribution >= 4 is 27.7 Å². The summed E-state index contributed by atoms with van der Waals surface area (Å²) in [5, 5.41) is 9.55. The first-order valence-corrected chi connectivity index (χ1v) is 7.40. The second-order valence-corrected chi connectivity index (χ2v) is 6.17. The van der Waals surface area contributed by atoms with E-state index in [1.165, 1.54) is 10.5 Å². The molecular formula is C15H15BrOS. The molecule has 1 N–H and O–H groups in total. The van der Waals surface area contributed by atoms with Gasteiger partial charge in [-0.1, -0.05) is 36.0 Å². The molecule has 0 aliphatic rings. The highest BCUT2D eigenvalue weighted by Crippen LogP contribution is 2.36. The molecule has 18 heavy (non-hydrogen) atoms. The van der Waals surface area contributed by atoms with Crippen molar-refractivity contribution in [2.75, 3.05) is 0 Å². The summed E-state index contributed by atoms with van der Waals surface area (Å²) in [6, 6.07) is 14.3. The van der Waals surface area contributed by atoms with Crippen LogP contribution in [-0.2, 0) is 0 Å². The van der Waals surface area contributed by atoms with Crippen LogP contribution < -0.4 is 0 Å². The van der Waals surface area contributed by atoms with E-state index in [9.17, 15) is 5.11 Å². The topological polar surface area (TPSA) is 20.2 Å². The predicted octanol–water partition coefficient (Wildman–Crippen LogP) is 4.96. The molecule has 0 aromatic heterocycles. The molecule has 0 fully saturated rings. The van der Waals surface area contributed by atoms with Crippen LogP contribution in [0.5, 0.6) is 0 Å². The van der Waals surface area contributed by atoms with E-state index in [4.69, 9.17) is 0 Å². The summed E-state index contributed by atoms with van der Waals surface area (Å²) < 4.78 is 1.02. The van der Waals surface area contributed by atoms with E-state index in [0.717, 1.165) is 14.9 Å². The van der Waals surface area contributed by atoms with Crippen molar-refractivity contribution < 1.29 is 5.11 Å². The Labute approximate surface area is 120 Å². The number of hydrogen-bond donors (Lipinski definition) is 1. The molecule has 0 aliphatic carbocycles. The summed E-state index contributed by atoms with van der Waals surface area (Å²) in [6.07, 6.45) is -0.432. The van der Waals surface area contributed by atoms with E-state index in [2.05, 4.69) is 35.0 Å². The molecule has 0 heterocycles. The molecule has 0 radical (unpaired) electrons. The molecule has 2 rings (SSSR count). The molecule has 1 atom stereocenters. The van der Waals surface area contributed by atoms with Gasteiger partial charge in [-0.05, 0) is 59.1 Å². The fraction of sp³-hybridized carbons (Fsp3) is 0.200. The van der Waals surface area contributed by atoms with Crippen molar-refractivity contribution in [1.82, 2.24) is 0 Å². The Morgan fingerprint density at radius 3 is 2.44 bits per heavy atom. The van der Waals surface area contributed by atoms with Gasteiger partial charge in [0, 0.05) is 14.3 Å². The van der Waals surface area contributed by atoms with Gasteiger partial charge in [-0.3, -0.25) is 0 Å². The minimum absolute atomic E-state index is 0.432. The van der Waals surface area contributed by atoms with Crippen molar-refractivity contribution in [3.63, 3.8) is 0 Å². The van der Waals surface area contributed by atoms with Gasteiger partial charge in [-0.2, -0.15) is 0 Å². The zero-order valence-electron chi connectivity index (χ0n) is 10.4. The Bertz CT molecular complexity index is 552. The first-order valence-electron chi connectivity index (χ1n) is 5.79. The number of halogens is 1. The van der Waals surface area contributed by atoms with Gasteiger partial charge < -0.3 is 5.11 Å². The molecule has 0 bridgehead atoms. The van der Waals surface area contributed by atoms with Crippen LogP contribution in [0.3, 0.4) is 0 Å². The maximum Gasteiger partial charge on any atom is 0.0762 e. The molecule has 0 aliphatic heterocycles. The summed E-state index contributed by atoms with van der Waals surface area (Å²) in [6.45, 7) is 3.89. The summed E-state index contributed by atoms with van der Waals surface area (Å²) in [5.74, 6) is 0. The van der Waals surface area contributed by atoms with Crippen molar-refractivity contribution in [2.45, 2.75) is 29.7 Å². The highest BCUT2D eigenvalue weighted by atomic mass is 79.9. The number of aliphatic hydroxyl groups excluding tert-OH is 1. The standard InChI is InChI=1S/C15H15BrOS/c1-10-5-3-4-6-14(10)18-15-8-7-12(11(2)17)9-13(15)16/h3-9,11,17H,1-2H3/t11-/m1/s1. The lowest BCUT2D eigenvalue weighted by molar-refractivity contribution is 0.199. The van der Waals surface area contributed by atoms with Crippen molar-refractivity contribution in [3.05, 3.63) is 58.1 Å². The van der Waals surface area contributed by atoms with Crippen LogP contribution in [-0.4, -0.2) is 5.11 Å². The molecule has 94 valence electrons. The van der Waals surface area contributed by atoms with E-state index in [1.807, 2.05) is 30.3 Å². The maximum atomic E-state index is 9.55. The first-order chi connectivity index (χ1) is 8.58. The molecule has 0 unspecified atom stereocenters. The summed E-state index contributed by atoms with van der Waals surface area (Å²) in [5.41, 5.74) is 2.20. The fourth-order valence-electron chi connectivity index (χ4n) is 1.65. The van der Waals surface area contributed by atoms with Crippen LogP contribution in [0.4, 0.5) is 0 Å². The molecule has 0 saturated heterocycles. The van der Waals surface area contributed by atoms with Gasteiger partial charge in [0.1, 0.15) is 0 Å². The van der Waals surface area contributed by atoms with Crippen LogP contribution in [0.2, 0.25) is 0 Å². The van der Waals surface area contributed by atoms with Crippen LogP contribution in [0, 0.1) is 6.92 Å². The molecule has 2 aromatic carbocycles. The Hall–Kier alpha value is -0.770. The number of aryl methyl sites for hydroxylation is 1. The smallest absolute Gasteiger partial charge is 0.0762 e. The molecule has 1 nitrogen and oxygen atoms in total. The quantitative estimate of drug-likeness (QED) is 0.861. The number of benzene rings is 2. The van der Waals surface area contributed by atoms with Gasteiger partial charge in [-0.15, -0.1) is 0 Å². The van der Waals surface area contributed by atoms with E-state index in [0.29, 0.717) is 0 Å². The third kappa shape index (κ3) is 3.16. The Kier molecular flexibility index (Phi) is 4.49. The van der Waals surface area contributed by atoms with Gasteiger partial charge in [0.05, 0.1) is 6.10 Å². The summed E-state index contributed by atoms with van der Waals surface area (Å²) in [4.78, 5) is 2.41. The number of hydrogen-bond acceptors (Lipinski definition) is 2. The highest BCUT2D eigenvalue weighted by Gasteiger charge is 2.07. The minimum Gasteiger partial charge on any atom is -0.389 e. The van der Waals surface area contributed by atoms with Crippen LogP contribution in [0.1, 0.15) is 24.2 Å². The third-order valence-electron chi connectivity index (χ3n) is 2.75. The highest BCUT2D eigenvalue weighted by molar-refractivity contribution is 9.10. The SMILES string of the molecule is Cc1ccccc1Sc1ccc([C@@H](C)O)cc1Br. The van der Waals surface area contributed by atoms with Crippen LogP contribution >= 0.6 is 27.7 Å². The van der Waals surface area contributed by atoms with Crippen LogP contribution in [0.15, 0.2) is 56.7 Å². The summed E-state index contributed by atoms with van der Waals surface area (Å²) >= 11 is 5.30. The van der Waals surface area contributed by atoms with Gasteiger partial charge in [-0.25, -0.2) is 0 Å². The second-order valence-electron chi connectivity index (χ2n) is 4.23. The average molecular weight is 323 g/mol. The summed E-state index contributed by atoms with van der Waals surface area (Å²) in [7, 11) is 0. The van der Waals surface area contributed by atoms with Crippen molar-refractivity contribution in [2.24, 2.45) is 0 Å². The number of rotatable bonds is 3. The van der Waals surface area contributed by atoms with Gasteiger partial charge in [0.15, 0.2) is 0 Å². The molecular weight excluding hydrogens is 308 g/mol. The van der Waals surface area contributed by atoms with E-state index in [-0.39, 0.29) is 0 Å². The fourth-order valence-corrected chi connectivity index (χ4v) is 3.19. The molecule has 0 amide bonds. The van der Waals surface area contributed by atoms with E-state index in [1.54, 1.807) is 18.7 Å². The van der Waals surface area contributed by atoms with Crippen molar-refractivity contribution in [3.8, 4) is 0 Å². The Balaban J connectivity index is 2.28. The van der Waals surface area contributed by atoms with Crippen molar-refractivity contribution in [1.29, 1.82) is 0 Å². The van der Waals surface area contributed by atoms with Gasteiger partial charge in [0.2, 0.25) is 0 Å². The predicted molar refractivity (Wildman–Crippen MR) is 80.1 cm³/mol. The average Bonchev–Trinajstić information content (AvgIpc) is 2.34. The molecule has 3 heteroatoms. The third-order valence-corrected chi connectivity index (χ3v) is 4.92. The maximum absolute atomic E-state index is 9.55. The van der Waals surface area contributed by atoms with Gasteiger partial charge >= 0.3 is 0 Å². The normalized spacial score (nSPS) is 12.4. The van der Waals surface area contributed by atoms with Crippen LogP contribution in [0.25, 0.3) is 0 Å². The monoisotopic (exact) mass is 322 g/mol. The lowest BCUT2D eigenvalue weighted by Crippen LogP contribution is -1.91. The Morgan fingerprint density at radius 2 is 1.83 bits per heavy atom. The number of aliphatic hydroxyl groups is 1. The largest absolute Gasteiger partial charge is 0.389 e. The molecule has 2 aromatic rings. The zero-order valence-corrected chi connectivity index (χ0v) is 12.8. The molecule has 0 saturated carbocycles. The van der Waals surface area contributed by atoms with E-state index < -0.39 is 6.10 Å². The first kappa shape index (κ1) is 13.7. The lowest BCUT2D eigenvalue weighted by Gasteiger charge is -2.10. The van der Waals surface area contributed by atoms with E-state index >= 15 is 0 Å².